The lowest BCUT2D eigenvalue weighted by Gasteiger charge is -2.10. The molecule has 4 nitrogen and oxygen atoms in total. The van der Waals surface area contributed by atoms with Crippen LogP contribution in [0.3, 0.4) is 0 Å². The molecule has 0 aliphatic carbocycles. The lowest BCUT2D eigenvalue weighted by atomic mass is 10.1. The van der Waals surface area contributed by atoms with E-state index in [9.17, 15) is 4.79 Å². The summed E-state index contributed by atoms with van der Waals surface area (Å²) in [6.45, 7) is 9.88. The molecule has 0 aliphatic heterocycles. The van der Waals surface area contributed by atoms with Gasteiger partial charge >= 0.3 is 0 Å². The molecule has 110 valence electrons. The molecule has 0 atom stereocenters. The van der Waals surface area contributed by atoms with Gasteiger partial charge in [0, 0.05) is 11.3 Å². The van der Waals surface area contributed by atoms with Gasteiger partial charge in [-0.1, -0.05) is 0 Å². The van der Waals surface area contributed by atoms with Crippen molar-refractivity contribution in [1.29, 1.82) is 0 Å². The minimum Gasteiger partial charge on any atom is -0.496 e. The maximum Gasteiger partial charge on any atom is 0.272 e. The monoisotopic (exact) mass is 285 g/mol. The van der Waals surface area contributed by atoms with Crippen LogP contribution in [0.1, 0.15) is 27.9 Å². The number of aryl methyl sites for hydroxylation is 4. The summed E-state index contributed by atoms with van der Waals surface area (Å²) in [6.07, 6.45) is 0. The van der Waals surface area contributed by atoms with E-state index in [1.807, 2.05) is 40.7 Å². The van der Waals surface area contributed by atoms with E-state index >= 15 is 0 Å². The first-order valence-corrected chi connectivity index (χ1v) is 6.97. The third-order valence-electron chi connectivity index (χ3n) is 4.55. The van der Waals surface area contributed by atoms with E-state index in [4.69, 9.17) is 9.15 Å². The SMILES string of the molecule is COc1cc(C)c(C)c2oc3c(C)c(C)c(C)n3c(=O)c12. The number of benzene rings is 1. The van der Waals surface area contributed by atoms with Gasteiger partial charge in [0.05, 0.1) is 7.11 Å². The molecule has 0 spiro atoms. The number of methoxy groups -OCH3 is 1. The molecule has 2 aromatic heterocycles. The molecule has 0 fully saturated rings. The molecule has 21 heavy (non-hydrogen) atoms. The molecule has 0 unspecified atom stereocenters. The molecule has 0 N–H and O–H groups in total. The number of hydrogen-bond donors (Lipinski definition) is 0. The quantitative estimate of drug-likeness (QED) is 0.686. The Morgan fingerprint density at radius 1 is 1.05 bits per heavy atom. The molecule has 3 rings (SSSR count). The lowest BCUT2D eigenvalue weighted by molar-refractivity contribution is 0.418. The summed E-state index contributed by atoms with van der Waals surface area (Å²) in [5, 5.41) is 0.506. The molecule has 0 aliphatic rings. The second-order valence-electron chi connectivity index (χ2n) is 5.61. The average Bonchev–Trinajstić information content (AvgIpc) is 2.68. The summed E-state index contributed by atoms with van der Waals surface area (Å²) >= 11 is 0. The number of nitrogens with zero attached hydrogens (tertiary/aromatic N) is 1. The summed E-state index contributed by atoms with van der Waals surface area (Å²) in [6, 6.07) is 1.89. The zero-order valence-electron chi connectivity index (χ0n) is 13.2. The summed E-state index contributed by atoms with van der Waals surface area (Å²) in [7, 11) is 1.58. The van der Waals surface area contributed by atoms with E-state index in [0.29, 0.717) is 22.4 Å². The number of hydrogen-bond acceptors (Lipinski definition) is 3. The summed E-state index contributed by atoms with van der Waals surface area (Å²) in [5.41, 5.74) is 6.18. The van der Waals surface area contributed by atoms with E-state index in [-0.39, 0.29) is 5.56 Å². The Morgan fingerprint density at radius 3 is 2.33 bits per heavy atom. The van der Waals surface area contributed by atoms with Crippen LogP contribution < -0.4 is 10.3 Å². The van der Waals surface area contributed by atoms with Crippen molar-refractivity contribution in [2.75, 3.05) is 7.11 Å². The van der Waals surface area contributed by atoms with Crippen LogP contribution in [0.2, 0.25) is 0 Å². The van der Waals surface area contributed by atoms with E-state index < -0.39 is 0 Å². The Hall–Kier alpha value is -2.23. The van der Waals surface area contributed by atoms with Crippen molar-refractivity contribution in [2.24, 2.45) is 0 Å². The smallest absolute Gasteiger partial charge is 0.272 e. The van der Waals surface area contributed by atoms with Gasteiger partial charge in [0.1, 0.15) is 16.7 Å². The van der Waals surface area contributed by atoms with Crippen LogP contribution >= 0.6 is 0 Å². The molecule has 0 saturated carbocycles. The Balaban J connectivity index is 2.70. The fourth-order valence-electron chi connectivity index (χ4n) is 2.84. The van der Waals surface area contributed by atoms with Gasteiger partial charge < -0.3 is 9.15 Å². The molecule has 4 heteroatoms. The van der Waals surface area contributed by atoms with Gasteiger partial charge in [-0.25, -0.2) is 4.40 Å². The van der Waals surface area contributed by atoms with Gasteiger partial charge in [-0.2, -0.15) is 0 Å². The number of fused-ring (bicyclic) bond motifs is 2. The maximum absolute atomic E-state index is 12.9. The fourth-order valence-corrected chi connectivity index (χ4v) is 2.84. The standard InChI is InChI=1S/C17H19NO3/c1-8-7-13(20-6)14-15(9(8)2)21-17-11(4)10(3)12(5)18(17)16(14)19/h7H,1-6H3. The van der Waals surface area contributed by atoms with Gasteiger partial charge in [0.2, 0.25) is 5.71 Å². The number of aromatic nitrogens is 1. The second kappa shape index (κ2) is 4.38. The topological polar surface area (TPSA) is 43.9 Å². The maximum atomic E-state index is 12.9. The highest BCUT2D eigenvalue weighted by molar-refractivity contribution is 5.87. The van der Waals surface area contributed by atoms with E-state index in [1.54, 1.807) is 11.5 Å². The zero-order valence-corrected chi connectivity index (χ0v) is 13.2. The molecule has 0 bridgehead atoms. The Bertz CT molecular complexity index is 945. The van der Waals surface area contributed by atoms with Crippen molar-refractivity contribution < 1.29 is 9.15 Å². The van der Waals surface area contributed by atoms with Crippen molar-refractivity contribution in [3.63, 3.8) is 0 Å². The van der Waals surface area contributed by atoms with E-state index in [1.165, 1.54) is 0 Å². The average molecular weight is 285 g/mol. The Kier molecular flexibility index (Phi) is 2.87. The van der Waals surface area contributed by atoms with Crippen LogP contribution in [0.15, 0.2) is 15.3 Å². The van der Waals surface area contributed by atoms with Crippen LogP contribution in [-0.4, -0.2) is 11.5 Å². The first kappa shape index (κ1) is 13.7. The molecule has 0 radical (unpaired) electrons. The van der Waals surface area contributed by atoms with Crippen molar-refractivity contribution >= 4 is 16.7 Å². The number of rotatable bonds is 1. The molecule has 3 aromatic rings. The minimum absolute atomic E-state index is 0.0834. The first-order valence-electron chi connectivity index (χ1n) is 6.97. The molecule has 1 aromatic carbocycles. The van der Waals surface area contributed by atoms with Crippen LogP contribution in [0, 0.1) is 34.6 Å². The molecular formula is C17H19NO3. The van der Waals surface area contributed by atoms with Gasteiger partial charge in [-0.05, 0) is 57.4 Å². The Morgan fingerprint density at radius 2 is 1.71 bits per heavy atom. The number of ether oxygens (including phenoxy) is 1. The predicted molar refractivity (Wildman–Crippen MR) is 83.7 cm³/mol. The first-order chi connectivity index (χ1) is 9.88. The van der Waals surface area contributed by atoms with Gasteiger partial charge in [-0.15, -0.1) is 0 Å². The van der Waals surface area contributed by atoms with Gasteiger partial charge in [-0.3, -0.25) is 4.79 Å². The van der Waals surface area contributed by atoms with Crippen molar-refractivity contribution in [3.05, 3.63) is 44.4 Å². The van der Waals surface area contributed by atoms with Crippen LogP contribution in [0.4, 0.5) is 0 Å². The molecule has 0 amide bonds. The van der Waals surface area contributed by atoms with Gasteiger partial charge in [0.15, 0.2) is 0 Å². The van der Waals surface area contributed by atoms with Crippen LogP contribution in [0.5, 0.6) is 5.75 Å². The van der Waals surface area contributed by atoms with Crippen molar-refractivity contribution in [1.82, 2.24) is 4.40 Å². The normalized spacial score (nSPS) is 11.5. The predicted octanol–water partition coefficient (Wildman–Crippen LogP) is 3.60. The Labute approximate surface area is 123 Å². The van der Waals surface area contributed by atoms with Crippen LogP contribution in [0.25, 0.3) is 16.7 Å². The largest absolute Gasteiger partial charge is 0.496 e. The van der Waals surface area contributed by atoms with Crippen molar-refractivity contribution in [2.45, 2.75) is 34.6 Å². The highest BCUT2D eigenvalue weighted by atomic mass is 16.5. The minimum atomic E-state index is -0.0834. The zero-order chi connectivity index (χ0) is 15.5. The highest BCUT2D eigenvalue weighted by Crippen LogP contribution is 2.31. The fraction of sp³-hybridized carbons (Fsp3) is 0.353. The third kappa shape index (κ3) is 1.65. The second-order valence-corrected chi connectivity index (χ2v) is 5.61. The third-order valence-corrected chi connectivity index (χ3v) is 4.55. The highest BCUT2D eigenvalue weighted by Gasteiger charge is 2.20. The van der Waals surface area contributed by atoms with Crippen LogP contribution in [-0.2, 0) is 0 Å². The summed E-state index contributed by atoms with van der Waals surface area (Å²) < 4.78 is 13.1. The van der Waals surface area contributed by atoms with Crippen molar-refractivity contribution in [3.8, 4) is 5.75 Å². The summed E-state index contributed by atoms with van der Waals surface area (Å²) in [4.78, 5) is 12.9. The van der Waals surface area contributed by atoms with E-state index in [2.05, 4.69) is 0 Å². The molecule has 0 saturated heterocycles. The van der Waals surface area contributed by atoms with Gasteiger partial charge in [0.25, 0.3) is 5.56 Å². The summed E-state index contributed by atoms with van der Waals surface area (Å²) in [5.74, 6) is 0.562. The molecular weight excluding hydrogens is 266 g/mol. The van der Waals surface area contributed by atoms with E-state index in [0.717, 1.165) is 27.9 Å². The molecule has 2 heterocycles. The lowest BCUT2D eigenvalue weighted by Crippen LogP contribution is -2.15.